The molecule has 94 valence electrons. The highest BCUT2D eigenvalue weighted by atomic mass is 16.5. The molecule has 0 aromatic heterocycles. The summed E-state index contributed by atoms with van der Waals surface area (Å²) in [6.07, 6.45) is 0.650. The van der Waals surface area contributed by atoms with E-state index in [9.17, 15) is 4.79 Å². The normalized spacial score (nSPS) is 18.8. The molecule has 0 bridgehead atoms. The molecule has 0 spiro atoms. The maximum Gasteiger partial charge on any atom is 0.223 e. The van der Waals surface area contributed by atoms with Crippen LogP contribution >= 0.6 is 0 Å². The topological polar surface area (TPSA) is 53.3 Å². The van der Waals surface area contributed by atoms with E-state index in [1.807, 2.05) is 4.90 Å². The van der Waals surface area contributed by atoms with Crippen LogP contribution in [-0.4, -0.2) is 30.5 Å². The Kier molecular flexibility index (Phi) is 3.83. The third-order valence-electron chi connectivity index (χ3n) is 3.02. The van der Waals surface area contributed by atoms with Gasteiger partial charge in [-0.15, -0.1) is 0 Å². The number of ether oxygens (including phenoxy) is 1. The number of carbonyl (C=O) groups excluding carboxylic acids is 1. The van der Waals surface area contributed by atoms with Crippen molar-refractivity contribution in [3.63, 3.8) is 0 Å². The van der Waals surface area contributed by atoms with Gasteiger partial charge in [0.1, 0.15) is 12.4 Å². The summed E-state index contributed by atoms with van der Waals surface area (Å²) in [6, 6.07) is 9.04. The highest BCUT2D eigenvalue weighted by molar-refractivity contribution is 5.78. The van der Waals surface area contributed by atoms with Crippen LogP contribution in [0.5, 0.6) is 5.75 Å². The van der Waals surface area contributed by atoms with E-state index < -0.39 is 0 Å². The van der Waals surface area contributed by atoms with E-state index in [1.54, 1.807) is 24.3 Å². The van der Waals surface area contributed by atoms with Crippen LogP contribution in [-0.2, 0) is 4.79 Å². The van der Waals surface area contributed by atoms with Crippen LogP contribution in [0.15, 0.2) is 24.3 Å². The Bertz CT molecular complexity index is 462. The number of amides is 1. The molecule has 1 amide bonds. The van der Waals surface area contributed by atoms with E-state index in [4.69, 9.17) is 10.00 Å². The number of likely N-dealkylation sites (tertiary alicyclic amines) is 1. The molecule has 1 aromatic rings. The average Bonchev–Trinajstić information content (AvgIpc) is 2.69. The zero-order valence-corrected chi connectivity index (χ0v) is 10.4. The van der Waals surface area contributed by atoms with Gasteiger partial charge in [-0.05, 0) is 30.2 Å². The summed E-state index contributed by atoms with van der Waals surface area (Å²) >= 11 is 0. The molecule has 0 aliphatic carbocycles. The first-order valence-corrected chi connectivity index (χ1v) is 6.10. The van der Waals surface area contributed by atoms with Gasteiger partial charge in [-0.3, -0.25) is 4.79 Å². The van der Waals surface area contributed by atoms with E-state index in [-0.39, 0.29) is 5.91 Å². The third-order valence-corrected chi connectivity index (χ3v) is 3.02. The molecular formula is C14H16N2O2. The van der Waals surface area contributed by atoms with Crippen molar-refractivity contribution in [1.29, 1.82) is 5.26 Å². The maximum absolute atomic E-state index is 11.5. The minimum atomic E-state index is 0.214. The highest BCUT2D eigenvalue weighted by Crippen LogP contribution is 2.16. The van der Waals surface area contributed by atoms with E-state index in [2.05, 4.69) is 13.0 Å². The lowest BCUT2D eigenvalue weighted by Gasteiger charge is -2.16. The SMILES string of the molecule is CC1CC(=O)N(CCOc2ccc(C#N)cc2)C1. The summed E-state index contributed by atoms with van der Waals surface area (Å²) in [5, 5.41) is 8.67. The molecule has 1 atom stereocenters. The molecule has 2 rings (SSSR count). The van der Waals surface area contributed by atoms with Crippen molar-refractivity contribution >= 4 is 5.91 Å². The van der Waals surface area contributed by atoms with Crippen LogP contribution in [0, 0.1) is 17.2 Å². The summed E-state index contributed by atoms with van der Waals surface area (Å²) in [5.41, 5.74) is 0.617. The number of nitrogens with zero attached hydrogens (tertiary/aromatic N) is 2. The van der Waals surface area contributed by atoms with Gasteiger partial charge in [0.2, 0.25) is 5.91 Å². The van der Waals surface area contributed by atoms with Gasteiger partial charge in [0.05, 0.1) is 18.2 Å². The number of rotatable bonds is 4. The largest absolute Gasteiger partial charge is 0.492 e. The summed E-state index contributed by atoms with van der Waals surface area (Å²) < 4.78 is 5.55. The van der Waals surface area contributed by atoms with E-state index >= 15 is 0 Å². The van der Waals surface area contributed by atoms with Gasteiger partial charge in [0.25, 0.3) is 0 Å². The molecule has 4 heteroatoms. The van der Waals surface area contributed by atoms with E-state index in [0.29, 0.717) is 31.1 Å². The Labute approximate surface area is 107 Å². The molecule has 1 heterocycles. The predicted molar refractivity (Wildman–Crippen MR) is 67.0 cm³/mol. The lowest BCUT2D eigenvalue weighted by molar-refractivity contribution is -0.128. The molecule has 1 aliphatic rings. The highest BCUT2D eigenvalue weighted by Gasteiger charge is 2.25. The molecule has 0 saturated carbocycles. The Hall–Kier alpha value is -2.02. The van der Waals surface area contributed by atoms with Crippen LogP contribution in [0.1, 0.15) is 18.9 Å². The lowest BCUT2D eigenvalue weighted by Crippen LogP contribution is -2.29. The molecule has 1 saturated heterocycles. The lowest BCUT2D eigenvalue weighted by atomic mass is 10.2. The average molecular weight is 244 g/mol. The van der Waals surface area contributed by atoms with Crippen LogP contribution in [0.25, 0.3) is 0 Å². The van der Waals surface area contributed by atoms with Crippen LogP contribution in [0.4, 0.5) is 0 Å². The fraction of sp³-hybridized carbons (Fsp3) is 0.429. The first-order chi connectivity index (χ1) is 8.69. The van der Waals surface area contributed by atoms with Crippen molar-refractivity contribution in [1.82, 2.24) is 4.90 Å². The summed E-state index contributed by atoms with van der Waals surface area (Å²) in [6.45, 7) is 4.03. The zero-order chi connectivity index (χ0) is 13.0. The standard InChI is InChI=1S/C14H16N2O2/c1-11-8-14(17)16(10-11)6-7-18-13-4-2-12(9-15)3-5-13/h2-5,11H,6-8,10H2,1H3. The predicted octanol–water partition coefficient (Wildman–Crippen LogP) is 1.81. The number of hydrogen-bond acceptors (Lipinski definition) is 3. The zero-order valence-electron chi connectivity index (χ0n) is 10.4. The summed E-state index contributed by atoms with van der Waals surface area (Å²) in [5.74, 6) is 1.40. The maximum atomic E-state index is 11.5. The van der Waals surface area contributed by atoms with Crippen molar-refractivity contribution in [2.75, 3.05) is 19.7 Å². The Morgan fingerprint density at radius 2 is 2.17 bits per heavy atom. The smallest absolute Gasteiger partial charge is 0.223 e. The van der Waals surface area contributed by atoms with Crippen molar-refractivity contribution < 1.29 is 9.53 Å². The molecule has 18 heavy (non-hydrogen) atoms. The first-order valence-electron chi connectivity index (χ1n) is 6.10. The van der Waals surface area contributed by atoms with Gasteiger partial charge in [0.15, 0.2) is 0 Å². The fourth-order valence-corrected chi connectivity index (χ4v) is 2.09. The number of carbonyl (C=O) groups is 1. The number of nitriles is 1. The van der Waals surface area contributed by atoms with Crippen LogP contribution < -0.4 is 4.74 Å². The third kappa shape index (κ3) is 3.01. The van der Waals surface area contributed by atoms with E-state index in [1.165, 1.54) is 0 Å². The summed E-state index contributed by atoms with van der Waals surface area (Å²) in [4.78, 5) is 13.4. The Morgan fingerprint density at radius 1 is 1.44 bits per heavy atom. The van der Waals surface area contributed by atoms with E-state index in [0.717, 1.165) is 12.3 Å². The molecule has 1 fully saturated rings. The Balaban J connectivity index is 1.78. The van der Waals surface area contributed by atoms with Gasteiger partial charge in [-0.1, -0.05) is 6.92 Å². The molecule has 1 aromatic carbocycles. The summed E-state index contributed by atoms with van der Waals surface area (Å²) in [7, 11) is 0. The fourth-order valence-electron chi connectivity index (χ4n) is 2.09. The van der Waals surface area contributed by atoms with Gasteiger partial charge >= 0.3 is 0 Å². The van der Waals surface area contributed by atoms with Gasteiger partial charge in [0, 0.05) is 13.0 Å². The van der Waals surface area contributed by atoms with Gasteiger partial charge in [-0.25, -0.2) is 0 Å². The monoisotopic (exact) mass is 244 g/mol. The minimum absolute atomic E-state index is 0.214. The first kappa shape index (κ1) is 12.4. The minimum Gasteiger partial charge on any atom is -0.492 e. The van der Waals surface area contributed by atoms with Crippen molar-refractivity contribution in [3.05, 3.63) is 29.8 Å². The molecule has 0 N–H and O–H groups in total. The van der Waals surface area contributed by atoms with Crippen molar-refractivity contribution in [2.45, 2.75) is 13.3 Å². The Morgan fingerprint density at radius 3 is 2.72 bits per heavy atom. The van der Waals surface area contributed by atoms with Crippen molar-refractivity contribution in [3.8, 4) is 11.8 Å². The molecule has 4 nitrogen and oxygen atoms in total. The van der Waals surface area contributed by atoms with Gasteiger partial charge < -0.3 is 9.64 Å². The van der Waals surface area contributed by atoms with Crippen LogP contribution in [0.2, 0.25) is 0 Å². The van der Waals surface area contributed by atoms with Gasteiger partial charge in [-0.2, -0.15) is 5.26 Å². The second-order valence-corrected chi connectivity index (χ2v) is 4.63. The molecule has 1 unspecified atom stereocenters. The number of hydrogen-bond donors (Lipinski definition) is 0. The molecule has 1 aliphatic heterocycles. The second kappa shape index (κ2) is 5.54. The second-order valence-electron chi connectivity index (χ2n) is 4.63. The van der Waals surface area contributed by atoms with Crippen LogP contribution in [0.3, 0.4) is 0 Å². The van der Waals surface area contributed by atoms with Crippen molar-refractivity contribution in [2.24, 2.45) is 5.92 Å². The molecule has 0 radical (unpaired) electrons. The number of benzene rings is 1. The quantitative estimate of drug-likeness (QED) is 0.811. The molecular weight excluding hydrogens is 228 g/mol.